The maximum Gasteiger partial charge on any atom is 0.160 e. The van der Waals surface area contributed by atoms with Gasteiger partial charge in [0.2, 0.25) is 0 Å². The molecule has 94 valence electrons. The first-order chi connectivity index (χ1) is 8.24. The summed E-state index contributed by atoms with van der Waals surface area (Å²) in [5, 5.41) is 3.28. The molecule has 1 aromatic rings. The molecule has 2 rings (SSSR count). The Balaban J connectivity index is 2.14. The standard InChI is InChI=1S/C13H21N3O/c1-3-14-10-11-6-8-15-12(16-11)13(2)7-4-5-9-17-13/h6,8,14H,3-5,7,9-10H2,1-2H3. The predicted octanol–water partition coefficient (Wildman–Crippen LogP) is 2.00. The number of hydrogen-bond acceptors (Lipinski definition) is 4. The number of nitrogens with zero attached hydrogens (tertiary/aromatic N) is 2. The number of aromatic nitrogens is 2. The minimum absolute atomic E-state index is 0.291. The van der Waals surface area contributed by atoms with E-state index in [1.807, 2.05) is 12.3 Å². The van der Waals surface area contributed by atoms with E-state index in [2.05, 4.69) is 29.1 Å². The summed E-state index contributed by atoms with van der Waals surface area (Å²) in [4.78, 5) is 8.99. The van der Waals surface area contributed by atoms with Crippen LogP contribution in [-0.4, -0.2) is 23.1 Å². The molecule has 1 aromatic heterocycles. The molecule has 0 saturated carbocycles. The highest BCUT2D eigenvalue weighted by atomic mass is 16.5. The van der Waals surface area contributed by atoms with Gasteiger partial charge >= 0.3 is 0 Å². The quantitative estimate of drug-likeness (QED) is 0.867. The lowest BCUT2D eigenvalue weighted by atomic mass is 9.95. The number of ether oxygens (including phenoxy) is 1. The summed E-state index contributed by atoms with van der Waals surface area (Å²) >= 11 is 0. The van der Waals surface area contributed by atoms with E-state index < -0.39 is 0 Å². The average molecular weight is 235 g/mol. The van der Waals surface area contributed by atoms with Crippen LogP contribution in [0.3, 0.4) is 0 Å². The lowest BCUT2D eigenvalue weighted by Crippen LogP contribution is -2.32. The summed E-state index contributed by atoms with van der Waals surface area (Å²) in [5.41, 5.74) is 0.743. The van der Waals surface area contributed by atoms with Crippen LogP contribution >= 0.6 is 0 Å². The van der Waals surface area contributed by atoms with Crippen LogP contribution < -0.4 is 5.32 Å². The summed E-state index contributed by atoms with van der Waals surface area (Å²) in [5.74, 6) is 0.826. The van der Waals surface area contributed by atoms with Crippen molar-refractivity contribution in [1.82, 2.24) is 15.3 Å². The van der Waals surface area contributed by atoms with Gasteiger partial charge in [0.25, 0.3) is 0 Å². The minimum Gasteiger partial charge on any atom is -0.367 e. The molecular weight excluding hydrogens is 214 g/mol. The molecule has 1 fully saturated rings. The highest BCUT2D eigenvalue weighted by molar-refractivity contribution is 5.08. The highest BCUT2D eigenvalue weighted by Gasteiger charge is 2.32. The van der Waals surface area contributed by atoms with Crippen LogP contribution in [0.5, 0.6) is 0 Å². The second-order valence-electron chi connectivity index (χ2n) is 4.69. The third-order valence-corrected chi connectivity index (χ3v) is 3.21. The van der Waals surface area contributed by atoms with Crippen LogP contribution in [0.1, 0.15) is 44.6 Å². The Morgan fingerprint density at radius 3 is 3.06 bits per heavy atom. The summed E-state index contributed by atoms with van der Waals surface area (Å²) in [6, 6.07) is 1.96. The molecule has 1 aliphatic heterocycles. The van der Waals surface area contributed by atoms with Crippen LogP contribution in [0.4, 0.5) is 0 Å². The number of hydrogen-bond donors (Lipinski definition) is 1. The largest absolute Gasteiger partial charge is 0.367 e. The van der Waals surface area contributed by atoms with Crippen molar-refractivity contribution in [3.05, 3.63) is 23.8 Å². The Bertz CT molecular complexity index is 361. The van der Waals surface area contributed by atoms with Crippen LogP contribution in [0.25, 0.3) is 0 Å². The van der Waals surface area contributed by atoms with E-state index in [1.165, 1.54) is 6.42 Å². The Kier molecular flexibility index (Phi) is 4.07. The molecule has 0 aliphatic carbocycles. The Hall–Kier alpha value is -1.00. The van der Waals surface area contributed by atoms with Gasteiger partial charge in [-0.1, -0.05) is 6.92 Å². The lowest BCUT2D eigenvalue weighted by Gasteiger charge is -2.32. The SMILES string of the molecule is CCNCc1ccnc(C2(C)CCCCO2)n1. The number of rotatable bonds is 4. The molecule has 1 atom stereocenters. The van der Waals surface area contributed by atoms with Gasteiger partial charge in [-0.3, -0.25) is 0 Å². The van der Waals surface area contributed by atoms with Gasteiger partial charge < -0.3 is 10.1 Å². The zero-order chi connectivity index (χ0) is 12.1. The van der Waals surface area contributed by atoms with E-state index in [4.69, 9.17) is 4.74 Å². The van der Waals surface area contributed by atoms with Crippen molar-refractivity contribution in [1.29, 1.82) is 0 Å². The first-order valence-corrected chi connectivity index (χ1v) is 6.42. The second-order valence-corrected chi connectivity index (χ2v) is 4.69. The van der Waals surface area contributed by atoms with Gasteiger partial charge in [0.1, 0.15) is 5.60 Å². The zero-order valence-corrected chi connectivity index (χ0v) is 10.7. The molecule has 0 bridgehead atoms. The molecule has 1 N–H and O–H groups in total. The molecule has 4 heteroatoms. The molecule has 1 saturated heterocycles. The van der Waals surface area contributed by atoms with Crippen molar-refractivity contribution in [2.45, 2.75) is 45.3 Å². The van der Waals surface area contributed by atoms with Gasteiger partial charge in [-0.05, 0) is 38.8 Å². The van der Waals surface area contributed by atoms with E-state index in [0.717, 1.165) is 44.1 Å². The van der Waals surface area contributed by atoms with Crippen molar-refractivity contribution < 1.29 is 4.74 Å². The van der Waals surface area contributed by atoms with Gasteiger partial charge in [-0.15, -0.1) is 0 Å². The summed E-state index contributed by atoms with van der Waals surface area (Å²) in [6.45, 7) is 6.75. The van der Waals surface area contributed by atoms with Gasteiger partial charge in [-0.25, -0.2) is 9.97 Å². The van der Waals surface area contributed by atoms with Gasteiger partial charge in [0.15, 0.2) is 5.82 Å². The Morgan fingerprint density at radius 1 is 1.47 bits per heavy atom. The highest BCUT2D eigenvalue weighted by Crippen LogP contribution is 2.32. The molecule has 0 spiro atoms. The fraction of sp³-hybridized carbons (Fsp3) is 0.692. The zero-order valence-electron chi connectivity index (χ0n) is 10.7. The van der Waals surface area contributed by atoms with Gasteiger partial charge in [0.05, 0.1) is 5.69 Å². The molecule has 0 amide bonds. The predicted molar refractivity (Wildman–Crippen MR) is 66.6 cm³/mol. The molecule has 1 aliphatic rings. The maximum atomic E-state index is 5.87. The van der Waals surface area contributed by atoms with Crippen molar-refractivity contribution in [3.8, 4) is 0 Å². The van der Waals surface area contributed by atoms with E-state index in [-0.39, 0.29) is 5.60 Å². The van der Waals surface area contributed by atoms with Crippen molar-refractivity contribution in [3.63, 3.8) is 0 Å². The molecule has 17 heavy (non-hydrogen) atoms. The van der Waals surface area contributed by atoms with Crippen molar-refractivity contribution in [2.24, 2.45) is 0 Å². The van der Waals surface area contributed by atoms with Crippen LogP contribution in [0.2, 0.25) is 0 Å². The first kappa shape index (κ1) is 12.5. The molecule has 1 unspecified atom stereocenters. The first-order valence-electron chi connectivity index (χ1n) is 6.42. The molecule has 2 heterocycles. The van der Waals surface area contributed by atoms with Crippen LogP contribution in [0.15, 0.2) is 12.3 Å². The third kappa shape index (κ3) is 3.01. The van der Waals surface area contributed by atoms with Gasteiger partial charge in [0, 0.05) is 19.3 Å². The van der Waals surface area contributed by atoms with E-state index >= 15 is 0 Å². The molecular formula is C13H21N3O. The topological polar surface area (TPSA) is 47.0 Å². The average Bonchev–Trinajstić information content (AvgIpc) is 2.38. The molecule has 0 aromatic carbocycles. The summed E-state index contributed by atoms with van der Waals surface area (Å²) in [6.07, 6.45) is 5.18. The smallest absolute Gasteiger partial charge is 0.160 e. The summed E-state index contributed by atoms with van der Waals surface area (Å²) < 4.78 is 5.87. The van der Waals surface area contributed by atoms with Crippen LogP contribution in [0, 0.1) is 0 Å². The Labute approximate surface area is 103 Å². The van der Waals surface area contributed by atoms with Gasteiger partial charge in [-0.2, -0.15) is 0 Å². The fourth-order valence-corrected chi connectivity index (χ4v) is 2.11. The van der Waals surface area contributed by atoms with E-state index in [0.29, 0.717) is 0 Å². The monoisotopic (exact) mass is 235 g/mol. The third-order valence-electron chi connectivity index (χ3n) is 3.21. The van der Waals surface area contributed by atoms with Crippen molar-refractivity contribution in [2.75, 3.05) is 13.2 Å². The van der Waals surface area contributed by atoms with Crippen molar-refractivity contribution >= 4 is 0 Å². The summed E-state index contributed by atoms with van der Waals surface area (Å²) in [7, 11) is 0. The normalized spacial score (nSPS) is 24.8. The second kappa shape index (κ2) is 5.56. The lowest BCUT2D eigenvalue weighted by molar-refractivity contribution is -0.0761. The Morgan fingerprint density at radius 2 is 2.35 bits per heavy atom. The molecule has 0 radical (unpaired) electrons. The van der Waals surface area contributed by atoms with E-state index in [1.54, 1.807) is 0 Å². The fourth-order valence-electron chi connectivity index (χ4n) is 2.11. The molecule has 4 nitrogen and oxygen atoms in total. The number of nitrogens with one attached hydrogen (secondary N) is 1. The maximum absolute atomic E-state index is 5.87. The van der Waals surface area contributed by atoms with Crippen LogP contribution in [-0.2, 0) is 16.9 Å². The minimum atomic E-state index is -0.291. The van der Waals surface area contributed by atoms with E-state index in [9.17, 15) is 0 Å².